The summed E-state index contributed by atoms with van der Waals surface area (Å²) in [5.41, 5.74) is 2.14. The van der Waals surface area contributed by atoms with Gasteiger partial charge in [0.1, 0.15) is 5.82 Å². The molecule has 0 aliphatic carbocycles. The Morgan fingerprint density at radius 3 is 2.97 bits per heavy atom. The molecular weight excluding hydrogens is 410 g/mol. The van der Waals surface area contributed by atoms with Crippen LogP contribution in [0.15, 0.2) is 46.8 Å². The van der Waals surface area contributed by atoms with Crippen molar-refractivity contribution in [2.24, 2.45) is 0 Å². The molecule has 7 nitrogen and oxygen atoms in total. The van der Waals surface area contributed by atoms with E-state index in [0.717, 1.165) is 43.6 Å². The zero-order chi connectivity index (χ0) is 21.2. The zero-order valence-electron chi connectivity index (χ0n) is 17.3. The third kappa shape index (κ3) is 4.18. The minimum atomic E-state index is -0.216. The SMILES string of the molecule is O=C(c1cccnc1)N1CCCC[C@@H]1c1nc2c(c(=O)[nH]1)CCN(Cc1cccs1)C2. The van der Waals surface area contributed by atoms with Gasteiger partial charge >= 0.3 is 0 Å². The summed E-state index contributed by atoms with van der Waals surface area (Å²) in [5.74, 6) is 0.552. The summed E-state index contributed by atoms with van der Waals surface area (Å²) >= 11 is 1.75. The van der Waals surface area contributed by atoms with Gasteiger partial charge in [-0.25, -0.2) is 4.98 Å². The highest BCUT2D eigenvalue weighted by Crippen LogP contribution is 2.30. The number of thiophene rings is 1. The number of aromatic nitrogens is 3. The Bertz CT molecular complexity index is 1110. The van der Waals surface area contributed by atoms with Gasteiger partial charge in [-0.05, 0) is 49.3 Å². The first-order valence-electron chi connectivity index (χ1n) is 10.8. The lowest BCUT2D eigenvalue weighted by Crippen LogP contribution is -2.41. The van der Waals surface area contributed by atoms with Gasteiger partial charge in [-0.1, -0.05) is 6.07 Å². The highest BCUT2D eigenvalue weighted by atomic mass is 32.1. The number of nitrogens with one attached hydrogen (secondary N) is 1. The number of fused-ring (bicyclic) bond motifs is 1. The zero-order valence-corrected chi connectivity index (χ0v) is 18.1. The monoisotopic (exact) mass is 435 g/mol. The maximum absolute atomic E-state index is 13.1. The molecule has 5 rings (SSSR count). The fraction of sp³-hybridized carbons (Fsp3) is 0.391. The van der Waals surface area contributed by atoms with Crippen LogP contribution in [0.5, 0.6) is 0 Å². The van der Waals surface area contributed by atoms with Crippen molar-refractivity contribution in [2.75, 3.05) is 13.1 Å². The van der Waals surface area contributed by atoms with Gasteiger partial charge < -0.3 is 9.88 Å². The molecule has 1 amide bonds. The van der Waals surface area contributed by atoms with Crippen LogP contribution in [0, 0.1) is 0 Å². The molecule has 3 aromatic rings. The van der Waals surface area contributed by atoms with Gasteiger partial charge in [-0.2, -0.15) is 0 Å². The highest BCUT2D eigenvalue weighted by molar-refractivity contribution is 7.09. The summed E-state index contributed by atoms with van der Waals surface area (Å²) in [6.07, 6.45) is 6.71. The Hall–Kier alpha value is -2.84. The molecule has 1 fully saturated rings. The summed E-state index contributed by atoms with van der Waals surface area (Å²) in [5, 5.41) is 2.09. The highest BCUT2D eigenvalue weighted by Gasteiger charge is 2.32. The third-order valence-corrected chi connectivity index (χ3v) is 6.98. The standard InChI is InChI=1S/C23H25N5O2S/c29-22-18-8-11-27(14-17-6-4-12-31-17)15-19(18)25-21(26-22)20-7-1-2-10-28(20)23(30)16-5-3-9-24-13-16/h3-6,9,12-13,20H,1-2,7-8,10-11,14-15H2,(H,25,26,29)/t20-/m1/s1. The summed E-state index contributed by atoms with van der Waals surface area (Å²) in [6, 6.07) is 7.54. The van der Waals surface area contributed by atoms with Gasteiger partial charge in [-0.3, -0.25) is 19.5 Å². The van der Waals surface area contributed by atoms with Crippen molar-refractivity contribution in [1.29, 1.82) is 0 Å². The summed E-state index contributed by atoms with van der Waals surface area (Å²) in [7, 11) is 0. The largest absolute Gasteiger partial charge is 0.328 e. The first kappa shape index (κ1) is 20.1. The predicted molar refractivity (Wildman–Crippen MR) is 119 cm³/mol. The minimum Gasteiger partial charge on any atom is -0.328 e. The number of hydrogen-bond acceptors (Lipinski definition) is 6. The van der Waals surface area contributed by atoms with Crippen LogP contribution in [-0.4, -0.2) is 43.7 Å². The maximum atomic E-state index is 13.1. The molecule has 2 aliphatic rings. The molecule has 0 spiro atoms. The molecule has 0 aromatic carbocycles. The molecule has 160 valence electrons. The van der Waals surface area contributed by atoms with Crippen molar-refractivity contribution < 1.29 is 4.79 Å². The van der Waals surface area contributed by atoms with E-state index in [9.17, 15) is 9.59 Å². The number of hydrogen-bond donors (Lipinski definition) is 1. The first-order valence-corrected chi connectivity index (χ1v) is 11.6. The molecule has 8 heteroatoms. The molecule has 1 saturated heterocycles. The van der Waals surface area contributed by atoms with Crippen LogP contribution in [-0.2, 0) is 19.5 Å². The molecular formula is C23H25N5O2S. The average molecular weight is 436 g/mol. The number of aromatic amines is 1. The van der Waals surface area contributed by atoms with Crippen molar-refractivity contribution in [1.82, 2.24) is 24.8 Å². The van der Waals surface area contributed by atoms with Crippen LogP contribution < -0.4 is 5.56 Å². The fourth-order valence-corrected chi connectivity index (χ4v) is 5.29. The van der Waals surface area contributed by atoms with Crippen molar-refractivity contribution in [3.8, 4) is 0 Å². The van der Waals surface area contributed by atoms with Crippen LogP contribution in [0.25, 0.3) is 0 Å². The van der Waals surface area contributed by atoms with Crippen molar-refractivity contribution in [2.45, 2.75) is 44.8 Å². The third-order valence-electron chi connectivity index (χ3n) is 6.12. The molecule has 2 aliphatic heterocycles. The number of rotatable bonds is 4. The molecule has 5 heterocycles. The topological polar surface area (TPSA) is 82.2 Å². The lowest BCUT2D eigenvalue weighted by Gasteiger charge is -2.36. The number of amides is 1. The number of pyridine rings is 1. The summed E-state index contributed by atoms with van der Waals surface area (Å²) < 4.78 is 0. The van der Waals surface area contributed by atoms with Gasteiger partial charge in [0.2, 0.25) is 0 Å². The predicted octanol–water partition coefficient (Wildman–Crippen LogP) is 3.15. The maximum Gasteiger partial charge on any atom is 0.256 e. The molecule has 0 bridgehead atoms. The first-order chi connectivity index (χ1) is 15.2. The minimum absolute atomic E-state index is 0.0579. The van der Waals surface area contributed by atoms with E-state index in [1.165, 1.54) is 4.88 Å². The van der Waals surface area contributed by atoms with Crippen LogP contribution >= 0.6 is 11.3 Å². The fourth-order valence-electron chi connectivity index (χ4n) is 4.54. The molecule has 0 saturated carbocycles. The molecule has 3 aromatic heterocycles. The summed E-state index contributed by atoms with van der Waals surface area (Å²) in [6.45, 7) is 3.04. The van der Waals surface area contributed by atoms with Crippen molar-refractivity contribution >= 4 is 17.2 Å². The normalized spacial score (nSPS) is 19.2. The number of carbonyl (C=O) groups excluding carboxylic acids is 1. The van der Waals surface area contributed by atoms with Gasteiger partial charge in [0, 0.05) is 49.0 Å². The molecule has 0 unspecified atom stereocenters. The number of carbonyl (C=O) groups is 1. The van der Waals surface area contributed by atoms with E-state index in [0.29, 0.717) is 30.9 Å². The number of likely N-dealkylation sites (tertiary alicyclic amines) is 1. The average Bonchev–Trinajstić information content (AvgIpc) is 3.32. The van der Waals surface area contributed by atoms with Crippen LogP contribution in [0.2, 0.25) is 0 Å². The molecule has 1 N–H and O–H groups in total. The van der Waals surface area contributed by atoms with Crippen LogP contribution in [0.1, 0.15) is 57.6 Å². The van der Waals surface area contributed by atoms with E-state index >= 15 is 0 Å². The Labute approximate surface area is 184 Å². The van der Waals surface area contributed by atoms with E-state index < -0.39 is 0 Å². The molecule has 0 radical (unpaired) electrons. The van der Waals surface area contributed by atoms with E-state index in [4.69, 9.17) is 4.98 Å². The molecule has 1 atom stereocenters. The summed E-state index contributed by atoms with van der Waals surface area (Å²) in [4.78, 5) is 43.5. The Morgan fingerprint density at radius 1 is 1.23 bits per heavy atom. The van der Waals surface area contributed by atoms with E-state index in [1.54, 1.807) is 35.9 Å². The molecule has 31 heavy (non-hydrogen) atoms. The van der Waals surface area contributed by atoms with E-state index in [-0.39, 0.29) is 17.5 Å². The quantitative estimate of drug-likeness (QED) is 0.681. The lowest BCUT2D eigenvalue weighted by molar-refractivity contribution is 0.0598. The number of piperidine rings is 1. The van der Waals surface area contributed by atoms with Gasteiger partial charge in [-0.15, -0.1) is 11.3 Å². The van der Waals surface area contributed by atoms with E-state index in [1.807, 2.05) is 4.90 Å². The van der Waals surface area contributed by atoms with Crippen LogP contribution in [0.3, 0.4) is 0 Å². The van der Waals surface area contributed by atoms with E-state index in [2.05, 4.69) is 32.4 Å². The smallest absolute Gasteiger partial charge is 0.256 e. The number of H-pyrrole nitrogens is 1. The van der Waals surface area contributed by atoms with Crippen molar-refractivity contribution in [3.63, 3.8) is 0 Å². The Kier molecular flexibility index (Phi) is 5.65. The van der Waals surface area contributed by atoms with Gasteiger partial charge in [0.05, 0.1) is 17.3 Å². The number of nitrogens with zero attached hydrogens (tertiary/aromatic N) is 4. The van der Waals surface area contributed by atoms with Crippen LogP contribution in [0.4, 0.5) is 0 Å². The lowest BCUT2D eigenvalue weighted by atomic mass is 9.99. The van der Waals surface area contributed by atoms with Gasteiger partial charge in [0.15, 0.2) is 0 Å². The Balaban J connectivity index is 1.42. The second kappa shape index (κ2) is 8.72. The second-order valence-electron chi connectivity index (χ2n) is 8.17. The second-order valence-corrected chi connectivity index (χ2v) is 9.20. The Morgan fingerprint density at radius 2 is 2.16 bits per heavy atom. The van der Waals surface area contributed by atoms with Crippen molar-refractivity contribution in [3.05, 3.63) is 79.9 Å². The van der Waals surface area contributed by atoms with Gasteiger partial charge in [0.25, 0.3) is 11.5 Å².